The number of hydrogen-bond donors (Lipinski definition) is 1. The summed E-state index contributed by atoms with van der Waals surface area (Å²) in [5.41, 5.74) is 1.21. The Kier molecular flexibility index (Phi) is 3.56. The maximum atomic E-state index is 12.9. The summed E-state index contributed by atoms with van der Waals surface area (Å²) in [5.74, 6) is 0. The van der Waals surface area contributed by atoms with E-state index in [1.807, 2.05) is 0 Å². The molecule has 9 heteroatoms. The molecule has 3 heterocycles. The predicted octanol–water partition coefficient (Wildman–Crippen LogP) is 0.214. The first-order valence-electron chi connectivity index (χ1n) is 6.59. The highest BCUT2D eigenvalue weighted by Gasteiger charge is 2.37. The average Bonchev–Trinajstić information content (AvgIpc) is 3.08. The van der Waals surface area contributed by atoms with Gasteiger partial charge in [0.25, 0.3) is 0 Å². The molecule has 0 aromatic carbocycles. The van der Waals surface area contributed by atoms with Crippen molar-refractivity contribution in [1.82, 2.24) is 24.3 Å². The monoisotopic (exact) mass is 311 g/mol. The maximum absolute atomic E-state index is 12.9. The molecule has 0 radical (unpaired) electrons. The van der Waals surface area contributed by atoms with E-state index in [0.717, 1.165) is 5.69 Å². The smallest absolute Gasteiger partial charge is 0.247 e. The SMILES string of the molecule is Cc1nn(C)cc1S(=O)(=O)N1CCOC[C@H]1c1ccn[nH]1. The second-order valence-electron chi connectivity index (χ2n) is 4.97. The number of nitrogens with zero attached hydrogens (tertiary/aromatic N) is 4. The van der Waals surface area contributed by atoms with Crippen LogP contribution in [-0.4, -0.2) is 52.5 Å². The third-order valence-corrected chi connectivity index (χ3v) is 5.53. The standard InChI is InChI=1S/C12H17N5O3S/c1-9-12(7-16(2)15-9)21(18,19)17-5-6-20-8-11(17)10-3-4-13-14-10/h3-4,7,11H,5-6,8H2,1-2H3,(H,13,14)/t11-/m0/s1. The van der Waals surface area contributed by atoms with Crippen molar-refractivity contribution in [3.05, 3.63) is 29.8 Å². The molecule has 2 aromatic heterocycles. The van der Waals surface area contributed by atoms with E-state index in [1.54, 1.807) is 26.2 Å². The fourth-order valence-corrected chi connectivity index (χ4v) is 4.31. The van der Waals surface area contributed by atoms with Gasteiger partial charge < -0.3 is 4.74 Å². The van der Waals surface area contributed by atoms with E-state index in [-0.39, 0.29) is 4.90 Å². The van der Waals surface area contributed by atoms with Crippen LogP contribution >= 0.6 is 0 Å². The van der Waals surface area contributed by atoms with Crippen molar-refractivity contribution in [3.8, 4) is 0 Å². The Balaban J connectivity index is 2.01. The molecule has 0 saturated carbocycles. The number of sulfonamides is 1. The Labute approximate surface area is 122 Å². The molecule has 0 unspecified atom stereocenters. The van der Waals surface area contributed by atoms with Gasteiger partial charge in [-0.15, -0.1) is 0 Å². The number of aromatic nitrogens is 4. The van der Waals surface area contributed by atoms with Crippen LogP contribution in [0, 0.1) is 6.92 Å². The molecule has 21 heavy (non-hydrogen) atoms. The number of hydrogen-bond acceptors (Lipinski definition) is 5. The number of aromatic amines is 1. The van der Waals surface area contributed by atoms with Crippen LogP contribution in [0.15, 0.2) is 23.4 Å². The van der Waals surface area contributed by atoms with E-state index in [9.17, 15) is 8.42 Å². The second-order valence-corrected chi connectivity index (χ2v) is 6.83. The van der Waals surface area contributed by atoms with Gasteiger partial charge in [0, 0.05) is 26.0 Å². The molecule has 1 N–H and O–H groups in total. The van der Waals surface area contributed by atoms with Crippen LogP contribution in [-0.2, 0) is 21.8 Å². The third-order valence-electron chi connectivity index (χ3n) is 3.52. The van der Waals surface area contributed by atoms with Crippen LogP contribution in [0.25, 0.3) is 0 Å². The number of aryl methyl sites for hydroxylation is 2. The summed E-state index contributed by atoms with van der Waals surface area (Å²) in [7, 11) is -1.92. The van der Waals surface area contributed by atoms with E-state index in [2.05, 4.69) is 15.3 Å². The molecule has 1 saturated heterocycles. The minimum Gasteiger partial charge on any atom is -0.378 e. The molecular weight excluding hydrogens is 294 g/mol. The van der Waals surface area contributed by atoms with Crippen molar-refractivity contribution in [3.63, 3.8) is 0 Å². The average molecular weight is 311 g/mol. The topological polar surface area (TPSA) is 93.1 Å². The lowest BCUT2D eigenvalue weighted by atomic mass is 10.2. The molecule has 0 aliphatic carbocycles. The summed E-state index contributed by atoms with van der Waals surface area (Å²) in [6.45, 7) is 2.68. The zero-order valence-electron chi connectivity index (χ0n) is 11.9. The Bertz CT molecular complexity index is 722. The quantitative estimate of drug-likeness (QED) is 0.875. The second kappa shape index (κ2) is 5.24. The molecule has 8 nitrogen and oxygen atoms in total. The molecule has 3 rings (SSSR count). The van der Waals surface area contributed by atoms with Crippen LogP contribution in [0.5, 0.6) is 0 Å². The van der Waals surface area contributed by atoms with Crippen molar-refractivity contribution in [2.75, 3.05) is 19.8 Å². The van der Waals surface area contributed by atoms with Gasteiger partial charge in [0.15, 0.2) is 0 Å². The molecule has 1 fully saturated rings. The fraction of sp³-hybridized carbons (Fsp3) is 0.500. The van der Waals surface area contributed by atoms with E-state index in [0.29, 0.717) is 25.5 Å². The zero-order chi connectivity index (χ0) is 15.0. The molecule has 0 amide bonds. The Morgan fingerprint density at radius 3 is 2.90 bits per heavy atom. The first-order valence-corrected chi connectivity index (χ1v) is 8.03. The highest BCUT2D eigenvalue weighted by Crippen LogP contribution is 2.30. The van der Waals surface area contributed by atoms with Crippen molar-refractivity contribution >= 4 is 10.0 Å². The molecule has 1 aliphatic heterocycles. The van der Waals surface area contributed by atoms with Crippen LogP contribution in [0.3, 0.4) is 0 Å². The Morgan fingerprint density at radius 1 is 1.48 bits per heavy atom. The van der Waals surface area contributed by atoms with Gasteiger partial charge in [-0.2, -0.15) is 14.5 Å². The molecule has 0 spiro atoms. The van der Waals surface area contributed by atoms with Crippen LogP contribution in [0.2, 0.25) is 0 Å². The van der Waals surface area contributed by atoms with Crippen molar-refractivity contribution < 1.29 is 13.2 Å². The van der Waals surface area contributed by atoms with Gasteiger partial charge in [-0.05, 0) is 13.0 Å². The number of morpholine rings is 1. The van der Waals surface area contributed by atoms with Crippen molar-refractivity contribution in [1.29, 1.82) is 0 Å². The van der Waals surface area contributed by atoms with E-state index in [4.69, 9.17) is 4.74 Å². The van der Waals surface area contributed by atoms with Crippen molar-refractivity contribution in [2.45, 2.75) is 17.9 Å². The molecular formula is C12H17N5O3S. The molecule has 1 atom stereocenters. The number of ether oxygens (including phenoxy) is 1. The van der Waals surface area contributed by atoms with E-state index in [1.165, 1.54) is 15.2 Å². The normalized spacial score (nSPS) is 20.8. The van der Waals surface area contributed by atoms with Gasteiger partial charge in [0.2, 0.25) is 10.0 Å². The maximum Gasteiger partial charge on any atom is 0.247 e. The zero-order valence-corrected chi connectivity index (χ0v) is 12.7. The van der Waals surface area contributed by atoms with Gasteiger partial charge in [-0.1, -0.05) is 0 Å². The summed E-state index contributed by atoms with van der Waals surface area (Å²) >= 11 is 0. The van der Waals surface area contributed by atoms with Gasteiger partial charge in [0.1, 0.15) is 4.90 Å². The summed E-state index contributed by atoms with van der Waals surface area (Å²) in [6, 6.07) is 1.36. The van der Waals surface area contributed by atoms with Gasteiger partial charge in [0.05, 0.1) is 30.6 Å². The van der Waals surface area contributed by atoms with Crippen LogP contribution < -0.4 is 0 Å². The summed E-state index contributed by atoms with van der Waals surface area (Å²) in [4.78, 5) is 0.233. The number of H-pyrrole nitrogens is 1. The molecule has 0 bridgehead atoms. The van der Waals surface area contributed by atoms with Crippen LogP contribution in [0.4, 0.5) is 0 Å². The fourth-order valence-electron chi connectivity index (χ4n) is 2.53. The molecule has 2 aromatic rings. The van der Waals surface area contributed by atoms with Crippen LogP contribution in [0.1, 0.15) is 17.4 Å². The number of nitrogens with one attached hydrogen (secondary N) is 1. The highest BCUT2D eigenvalue weighted by atomic mass is 32.2. The van der Waals surface area contributed by atoms with Gasteiger partial charge in [-0.25, -0.2) is 8.42 Å². The Morgan fingerprint density at radius 2 is 2.29 bits per heavy atom. The highest BCUT2D eigenvalue weighted by molar-refractivity contribution is 7.89. The first kappa shape index (κ1) is 14.2. The predicted molar refractivity (Wildman–Crippen MR) is 74.0 cm³/mol. The lowest BCUT2D eigenvalue weighted by Gasteiger charge is -2.33. The summed E-state index contributed by atoms with van der Waals surface area (Å²) in [6.07, 6.45) is 3.13. The molecule has 114 valence electrons. The van der Waals surface area contributed by atoms with E-state index >= 15 is 0 Å². The number of rotatable bonds is 3. The third kappa shape index (κ3) is 2.47. The minimum absolute atomic E-state index is 0.233. The Hall–Kier alpha value is -1.71. The minimum atomic E-state index is -3.62. The summed E-state index contributed by atoms with van der Waals surface area (Å²) in [5, 5.41) is 10.8. The summed E-state index contributed by atoms with van der Waals surface area (Å²) < 4.78 is 34.2. The van der Waals surface area contributed by atoms with E-state index < -0.39 is 16.1 Å². The lowest BCUT2D eigenvalue weighted by molar-refractivity contribution is 0.0305. The van der Waals surface area contributed by atoms with Crippen molar-refractivity contribution in [2.24, 2.45) is 7.05 Å². The largest absolute Gasteiger partial charge is 0.378 e. The van der Waals surface area contributed by atoms with Gasteiger partial charge >= 0.3 is 0 Å². The van der Waals surface area contributed by atoms with Gasteiger partial charge in [-0.3, -0.25) is 9.78 Å². The first-order chi connectivity index (χ1) is 10.00. The molecule has 1 aliphatic rings. The lowest BCUT2D eigenvalue weighted by Crippen LogP contribution is -2.43.